The largest absolute Gasteiger partial charge is 2.00 e. The predicted molar refractivity (Wildman–Crippen MR) is 120 cm³/mol. The van der Waals surface area contributed by atoms with Crippen molar-refractivity contribution in [3.05, 3.63) is 0 Å². The Morgan fingerprint density at radius 2 is 0.914 bits per heavy atom. The van der Waals surface area contributed by atoms with Gasteiger partial charge in [-0.05, 0) is 51.4 Å². The number of carbonyl (C=O) groups is 4. The summed E-state index contributed by atoms with van der Waals surface area (Å²) in [6.45, 7) is 1.80. The first-order chi connectivity index (χ1) is 16.3. The minimum atomic E-state index is -1.27. The van der Waals surface area contributed by atoms with Gasteiger partial charge in [0, 0.05) is 51.4 Å². The van der Waals surface area contributed by atoms with Gasteiger partial charge < -0.3 is 29.6 Å². The maximum atomic E-state index is 13.0. The zero-order chi connectivity index (χ0) is 24.5. The first-order valence-electron chi connectivity index (χ1n) is 12.8. The zero-order valence-electron chi connectivity index (χ0n) is 20.5. The minimum absolute atomic E-state index is 0. The zero-order valence-corrected chi connectivity index (χ0v) is 21.7. The summed E-state index contributed by atoms with van der Waals surface area (Å²) >= 11 is 0. The molecule has 35 heavy (non-hydrogen) atoms. The van der Waals surface area contributed by atoms with E-state index in [4.69, 9.17) is 0 Å². The number of hydrogen-bond donors (Lipinski definition) is 0. The molecule has 10 nitrogen and oxygen atoms in total. The van der Waals surface area contributed by atoms with E-state index < -0.39 is 25.0 Å². The Hall–Kier alpha value is -1.68. The van der Waals surface area contributed by atoms with Crippen molar-refractivity contribution >= 4 is 23.8 Å². The Morgan fingerprint density at radius 3 is 1.23 bits per heavy atom. The molecule has 197 valence electrons. The van der Waals surface area contributed by atoms with Gasteiger partial charge in [0.1, 0.15) is 0 Å². The van der Waals surface area contributed by atoms with Gasteiger partial charge in [-0.15, -0.1) is 0 Å². The molecule has 0 aromatic rings. The molecule has 0 bridgehead atoms. The molecule has 1 aliphatic carbocycles. The molecule has 1 saturated carbocycles. The number of likely N-dealkylation sites (tertiary alicyclic amines) is 2. The molecule has 2 heterocycles. The maximum Gasteiger partial charge on any atom is 2.00 e. The van der Waals surface area contributed by atoms with Gasteiger partial charge in [0.2, 0.25) is 11.8 Å². The minimum Gasteiger partial charge on any atom is -0.549 e. The molecule has 3 rings (SSSR count). The average molecular weight is 534 g/mol. The second-order valence-electron chi connectivity index (χ2n) is 9.86. The smallest absolute Gasteiger partial charge is 0.549 e. The quantitative estimate of drug-likeness (QED) is 0.308. The molecular formula is C24H38MnN4O6. The standard InChI is InChI=1S/C24H40N4O6.Mn/c29-21(25-11-5-1-6-12-25)15-27(17-23(31)32)19-9-3-4-10-20(19)28(18-24(33)34)16-22(30)26-13-7-2-8-14-26;/h19-20H,1-18H2,(H,31,32)(H,33,34);/q;+2/p-2. The van der Waals surface area contributed by atoms with Crippen LogP contribution < -0.4 is 10.2 Å². The molecule has 11 heteroatoms. The summed E-state index contributed by atoms with van der Waals surface area (Å²) in [6, 6.07) is -0.706. The Kier molecular flexibility index (Phi) is 12.5. The number of nitrogens with zero attached hydrogens (tertiary/aromatic N) is 4. The normalized spacial score (nSPS) is 23.1. The number of amides is 2. The number of carbonyl (C=O) groups excluding carboxylic acids is 4. The molecule has 0 spiro atoms. The third-order valence-corrected chi connectivity index (χ3v) is 7.39. The van der Waals surface area contributed by atoms with Crippen LogP contribution in [0, 0.1) is 0 Å². The number of rotatable bonds is 10. The Bertz CT molecular complexity index is 667. The van der Waals surface area contributed by atoms with E-state index in [9.17, 15) is 29.4 Å². The second-order valence-corrected chi connectivity index (χ2v) is 9.86. The summed E-state index contributed by atoms with van der Waals surface area (Å²) in [6.07, 6.45) is 8.89. The molecule has 2 aliphatic heterocycles. The van der Waals surface area contributed by atoms with E-state index in [0.29, 0.717) is 39.0 Å². The van der Waals surface area contributed by atoms with Crippen molar-refractivity contribution in [2.45, 2.75) is 76.3 Å². The van der Waals surface area contributed by atoms with Crippen LogP contribution in [-0.4, -0.2) is 108 Å². The summed E-state index contributed by atoms with van der Waals surface area (Å²) < 4.78 is 0. The summed E-state index contributed by atoms with van der Waals surface area (Å²) in [4.78, 5) is 55.9. The molecule has 2 amide bonds. The molecule has 2 saturated heterocycles. The molecule has 0 aromatic heterocycles. The van der Waals surface area contributed by atoms with Crippen LogP contribution in [0.25, 0.3) is 0 Å². The Balaban J connectivity index is 0.00000432. The molecule has 3 aliphatic rings. The van der Waals surface area contributed by atoms with Crippen LogP contribution in [0.1, 0.15) is 64.2 Å². The van der Waals surface area contributed by atoms with Crippen LogP contribution in [0.15, 0.2) is 0 Å². The van der Waals surface area contributed by atoms with E-state index >= 15 is 0 Å². The van der Waals surface area contributed by atoms with Gasteiger partial charge in [0.25, 0.3) is 0 Å². The predicted octanol–water partition coefficient (Wildman–Crippen LogP) is -1.58. The van der Waals surface area contributed by atoms with Crippen LogP contribution >= 0.6 is 0 Å². The summed E-state index contributed by atoms with van der Waals surface area (Å²) in [7, 11) is 0. The van der Waals surface area contributed by atoms with Gasteiger partial charge in [0.05, 0.1) is 25.0 Å². The van der Waals surface area contributed by atoms with Crippen LogP contribution in [0.4, 0.5) is 0 Å². The van der Waals surface area contributed by atoms with Crippen LogP contribution in [0.3, 0.4) is 0 Å². The monoisotopic (exact) mass is 533 g/mol. The van der Waals surface area contributed by atoms with Gasteiger partial charge in [-0.25, -0.2) is 0 Å². The molecule has 3 fully saturated rings. The summed E-state index contributed by atoms with van der Waals surface area (Å²) in [5.74, 6) is -2.76. The summed E-state index contributed by atoms with van der Waals surface area (Å²) in [5.41, 5.74) is 0. The molecule has 1 radical (unpaired) electrons. The van der Waals surface area contributed by atoms with Crippen molar-refractivity contribution in [1.29, 1.82) is 0 Å². The maximum absolute atomic E-state index is 13.0. The first kappa shape index (κ1) is 29.5. The van der Waals surface area contributed by atoms with E-state index in [1.807, 2.05) is 0 Å². The number of carboxylic acid groups (broad SMARTS) is 2. The summed E-state index contributed by atoms with van der Waals surface area (Å²) in [5, 5.41) is 23.2. The number of aliphatic carboxylic acids is 2. The van der Waals surface area contributed by atoms with Crippen molar-refractivity contribution in [2.75, 3.05) is 52.4 Å². The van der Waals surface area contributed by atoms with Gasteiger partial charge in [-0.1, -0.05) is 12.8 Å². The van der Waals surface area contributed by atoms with E-state index in [2.05, 4.69) is 0 Å². The molecule has 0 aromatic carbocycles. The number of piperidine rings is 2. The average Bonchev–Trinajstić information content (AvgIpc) is 2.83. The SMILES string of the molecule is O=C([O-])CN(CC(=O)N1CCCCC1)C1CCCCC1N(CC(=O)[O-])CC(=O)N1CCCCC1.[Mn+2]. The van der Waals surface area contributed by atoms with Crippen molar-refractivity contribution in [3.8, 4) is 0 Å². The molecular weight excluding hydrogens is 495 g/mol. The second kappa shape index (κ2) is 14.8. The van der Waals surface area contributed by atoms with E-state index in [1.54, 1.807) is 19.6 Å². The van der Waals surface area contributed by atoms with Crippen LogP contribution in [0.2, 0.25) is 0 Å². The Morgan fingerprint density at radius 1 is 0.571 bits per heavy atom. The number of hydrogen-bond acceptors (Lipinski definition) is 8. The van der Waals surface area contributed by atoms with E-state index in [1.165, 1.54) is 0 Å². The molecule has 2 atom stereocenters. The van der Waals surface area contributed by atoms with Crippen molar-refractivity contribution in [2.24, 2.45) is 0 Å². The van der Waals surface area contributed by atoms with Crippen LogP contribution in [-0.2, 0) is 36.2 Å². The van der Waals surface area contributed by atoms with Gasteiger partial charge in [-0.2, -0.15) is 0 Å². The topological polar surface area (TPSA) is 127 Å². The van der Waals surface area contributed by atoms with Crippen LogP contribution in [0.5, 0.6) is 0 Å². The third-order valence-electron chi connectivity index (χ3n) is 7.39. The van der Waals surface area contributed by atoms with Crippen molar-refractivity contribution in [3.63, 3.8) is 0 Å². The fourth-order valence-electron chi connectivity index (χ4n) is 5.69. The fourth-order valence-corrected chi connectivity index (χ4v) is 5.69. The van der Waals surface area contributed by atoms with Crippen molar-refractivity contribution < 1.29 is 46.5 Å². The van der Waals surface area contributed by atoms with E-state index in [-0.39, 0.29) is 54.1 Å². The van der Waals surface area contributed by atoms with Crippen molar-refractivity contribution in [1.82, 2.24) is 19.6 Å². The first-order valence-corrected chi connectivity index (χ1v) is 12.8. The fraction of sp³-hybridized carbons (Fsp3) is 0.833. The van der Waals surface area contributed by atoms with Gasteiger partial charge in [-0.3, -0.25) is 19.4 Å². The van der Waals surface area contributed by atoms with E-state index in [0.717, 1.165) is 51.4 Å². The third kappa shape index (κ3) is 9.04. The molecule has 2 unspecified atom stereocenters. The molecule has 0 N–H and O–H groups in total. The van der Waals surface area contributed by atoms with Gasteiger partial charge >= 0.3 is 17.1 Å². The number of carboxylic acids is 2. The Labute approximate surface area is 218 Å². The van der Waals surface area contributed by atoms with Gasteiger partial charge in [0.15, 0.2) is 0 Å².